The zero-order chi connectivity index (χ0) is 13.2. The average molecular weight is 258 g/mol. The molecule has 5 nitrogen and oxygen atoms in total. The van der Waals surface area contributed by atoms with E-state index in [1.807, 2.05) is 0 Å². The minimum atomic E-state index is -1.01. The topological polar surface area (TPSA) is 65.7 Å². The van der Waals surface area contributed by atoms with E-state index in [2.05, 4.69) is 0 Å². The van der Waals surface area contributed by atoms with Crippen molar-refractivity contribution in [3.05, 3.63) is 60.1 Å². The summed E-state index contributed by atoms with van der Waals surface area (Å²) in [6.45, 7) is 0. The molecule has 2 atom stereocenters. The molecule has 0 radical (unpaired) electrons. The summed E-state index contributed by atoms with van der Waals surface area (Å²) in [4.78, 5) is 23.6. The Labute approximate surface area is 108 Å². The lowest BCUT2D eigenvalue weighted by molar-refractivity contribution is 0.0695. The largest absolute Gasteiger partial charge is 0.510 e. The van der Waals surface area contributed by atoms with Crippen LogP contribution in [0.15, 0.2) is 53.1 Å². The number of carbonyl (C=O) groups is 2. The molecule has 1 saturated heterocycles. The van der Waals surface area contributed by atoms with Gasteiger partial charge in [0.2, 0.25) is 18.0 Å². The van der Waals surface area contributed by atoms with Crippen molar-refractivity contribution in [3.63, 3.8) is 0 Å². The van der Waals surface area contributed by atoms with E-state index >= 15 is 0 Å². The molecule has 0 spiro atoms. The molecule has 1 fully saturated rings. The van der Waals surface area contributed by atoms with Crippen molar-refractivity contribution in [2.75, 3.05) is 0 Å². The SMILES string of the molecule is O=C1O[C@@H](C(=O)c2ccccc2)[C@H](c2ccco2)O1. The van der Waals surface area contributed by atoms with E-state index in [9.17, 15) is 9.59 Å². The lowest BCUT2D eigenvalue weighted by Gasteiger charge is -2.12. The van der Waals surface area contributed by atoms with E-state index in [0.717, 1.165) is 0 Å². The number of cyclic esters (lactones) is 2. The molecule has 19 heavy (non-hydrogen) atoms. The fourth-order valence-electron chi connectivity index (χ4n) is 1.98. The molecule has 1 aromatic heterocycles. The fourth-order valence-corrected chi connectivity index (χ4v) is 1.98. The Hall–Kier alpha value is -2.56. The molecule has 1 aliphatic rings. The van der Waals surface area contributed by atoms with Crippen LogP contribution in [0.1, 0.15) is 22.2 Å². The molecule has 1 aromatic carbocycles. The van der Waals surface area contributed by atoms with Crippen molar-refractivity contribution in [1.29, 1.82) is 0 Å². The van der Waals surface area contributed by atoms with Crippen molar-refractivity contribution in [2.45, 2.75) is 12.2 Å². The number of Topliss-reactive ketones (excluding diaryl/α,β-unsaturated/α-hetero) is 1. The van der Waals surface area contributed by atoms with Gasteiger partial charge in [-0.3, -0.25) is 4.79 Å². The summed E-state index contributed by atoms with van der Waals surface area (Å²) < 4.78 is 15.1. The zero-order valence-corrected chi connectivity index (χ0v) is 9.81. The smallest absolute Gasteiger partial charge is 0.465 e. The molecule has 96 valence electrons. The molecule has 0 aliphatic carbocycles. The Bertz CT molecular complexity index is 588. The van der Waals surface area contributed by atoms with Crippen LogP contribution in [0.4, 0.5) is 4.79 Å². The standard InChI is InChI=1S/C14H10O5/c15-11(9-5-2-1-3-6-9)13-12(18-14(16)19-13)10-7-4-8-17-10/h1-8,12-13H/t12-,13-/m0/s1. The van der Waals surface area contributed by atoms with Gasteiger partial charge in [0.05, 0.1) is 6.26 Å². The highest BCUT2D eigenvalue weighted by Crippen LogP contribution is 2.32. The van der Waals surface area contributed by atoms with Gasteiger partial charge in [-0.1, -0.05) is 30.3 Å². The first-order valence-corrected chi connectivity index (χ1v) is 5.75. The number of carbonyl (C=O) groups excluding carboxylic acids is 2. The highest BCUT2D eigenvalue weighted by atomic mass is 16.8. The third-order valence-electron chi connectivity index (χ3n) is 2.86. The maximum Gasteiger partial charge on any atom is 0.510 e. The lowest BCUT2D eigenvalue weighted by Crippen LogP contribution is -2.25. The van der Waals surface area contributed by atoms with Crippen LogP contribution in [0.25, 0.3) is 0 Å². The molecule has 1 aliphatic heterocycles. The van der Waals surface area contributed by atoms with Gasteiger partial charge in [0.1, 0.15) is 5.76 Å². The Morgan fingerprint density at radius 2 is 1.79 bits per heavy atom. The number of benzene rings is 1. The molecular formula is C14H10O5. The van der Waals surface area contributed by atoms with E-state index in [-0.39, 0.29) is 5.78 Å². The van der Waals surface area contributed by atoms with Crippen LogP contribution < -0.4 is 0 Å². The molecule has 2 aromatic rings. The van der Waals surface area contributed by atoms with Gasteiger partial charge in [-0.2, -0.15) is 0 Å². The number of hydrogen-bond acceptors (Lipinski definition) is 5. The van der Waals surface area contributed by atoms with E-state index in [4.69, 9.17) is 13.9 Å². The van der Waals surface area contributed by atoms with Crippen molar-refractivity contribution in [3.8, 4) is 0 Å². The molecule has 3 rings (SSSR count). The van der Waals surface area contributed by atoms with Crippen molar-refractivity contribution in [2.24, 2.45) is 0 Å². The quantitative estimate of drug-likeness (QED) is 0.625. The van der Waals surface area contributed by atoms with E-state index in [1.165, 1.54) is 6.26 Å². The summed E-state index contributed by atoms with van der Waals surface area (Å²) in [5.74, 6) is 0.0768. The van der Waals surface area contributed by atoms with Crippen molar-refractivity contribution < 1.29 is 23.5 Å². The Morgan fingerprint density at radius 3 is 2.47 bits per heavy atom. The summed E-state index contributed by atoms with van der Waals surface area (Å²) in [5, 5.41) is 0. The van der Waals surface area contributed by atoms with Gasteiger partial charge in [-0.15, -0.1) is 0 Å². The monoisotopic (exact) mass is 258 g/mol. The van der Waals surface area contributed by atoms with E-state index < -0.39 is 18.4 Å². The third kappa shape index (κ3) is 2.10. The van der Waals surface area contributed by atoms with Gasteiger partial charge in [0.25, 0.3) is 0 Å². The van der Waals surface area contributed by atoms with Crippen LogP contribution in [-0.4, -0.2) is 18.0 Å². The van der Waals surface area contributed by atoms with E-state index in [0.29, 0.717) is 11.3 Å². The number of ketones is 1. The number of ether oxygens (including phenoxy) is 2. The van der Waals surface area contributed by atoms with Gasteiger partial charge < -0.3 is 13.9 Å². The molecule has 5 heteroatoms. The van der Waals surface area contributed by atoms with Crippen molar-refractivity contribution in [1.82, 2.24) is 0 Å². The average Bonchev–Trinajstić information content (AvgIpc) is 3.07. The normalized spacial score (nSPS) is 21.8. The van der Waals surface area contributed by atoms with Crippen molar-refractivity contribution >= 4 is 11.9 Å². The second-order valence-electron chi connectivity index (χ2n) is 4.07. The van der Waals surface area contributed by atoms with Crippen LogP contribution in [0.2, 0.25) is 0 Å². The first-order valence-electron chi connectivity index (χ1n) is 5.75. The fraction of sp³-hybridized carbons (Fsp3) is 0.143. The molecule has 0 saturated carbocycles. The summed E-state index contributed by atoms with van der Waals surface area (Å²) >= 11 is 0. The van der Waals surface area contributed by atoms with Gasteiger partial charge >= 0.3 is 6.16 Å². The minimum Gasteiger partial charge on any atom is -0.465 e. The lowest BCUT2D eigenvalue weighted by atomic mass is 10.0. The van der Waals surface area contributed by atoms with E-state index in [1.54, 1.807) is 42.5 Å². The first-order chi connectivity index (χ1) is 9.25. The molecule has 0 N–H and O–H groups in total. The zero-order valence-electron chi connectivity index (χ0n) is 9.81. The Kier molecular flexibility index (Phi) is 2.79. The van der Waals surface area contributed by atoms with Crippen LogP contribution in [0, 0.1) is 0 Å². The molecule has 0 unspecified atom stereocenters. The molecule has 0 bridgehead atoms. The molecular weight excluding hydrogens is 248 g/mol. The van der Waals surface area contributed by atoms with Gasteiger partial charge in [-0.05, 0) is 12.1 Å². The number of rotatable bonds is 3. The van der Waals surface area contributed by atoms with Gasteiger partial charge in [0, 0.05) is 5.56 Å². The summed E-state index contributed by atoms with van der Waals surface area (Å²) in [6, 6.07) is 11.9. The van der Waals surface area contributed by atoms with Crippen LogP contribution in [0.5, 0.6) is 0 Å². The van der Waals surface area contributed by atoms with Crippen LogP contribution in [0.3, 0.4) is 0 Å². The first kappa shape index (κ1) is 11.5. The Morgan fingerprint density at radius 1 is 1.00 bits per heavy atom. The molecule has 0 amide bonds. The highest BCUT2D eigenvalue weighted by Gasteiger charge is 2.44. The summed E-state index contributed by atoms with van der Waals surface area (Å²) in [5.41, 5.74) is 0.461. The van der Waals surface area contributed by atoms with Gasteiger partial charge in [0.15, 0.2) is 0 Å². The molecule has 2 heterocycles. The second kappa shape index (κ2) is 4.61. The third-order valence-corrected chi connectivity index (χ3v) is 2.86. The number of furan rings is 1. The second-order valence-corrected chi connectivity index (χ2v) is 4.07. The predicted molar refractivity (Wildman–Crippen MR) is 63.6 cm³/mol. The summed E-state index contributed by atoms with van der Waals surface area (Å²) in [6.07, 6.45) is -1.27. The predicted octanol–water partition coefficient (Wildman–Crippen LogP) is 2.74. The summed E-state index contributed by atoms with van der Waals surface area (Å²) in [7, 11) is 0. The van der Waals surface area contributed by atoms with Crippen LogP contribution in [-0.2, 0) is 9.47 Å². The highest BCUT2D eigenvalue weighted by molar-refractivity contribution is 6.01. The Balaban J connectivity index is 1.90. The number of hydrogen-bond donors (Lipinski definition) is 0. The van der Waals surface area contributed by atoms with Gasteiger partial charge in [-0.25, -0.2) is 4.79 Å². The minimum absolute atomic E-state index is 0.312. The maximum absolute atomic E-state index is 12.3. The van der Waals surface area contributed by atoms with Crippen LogP contribution >= 0.6 is 0 Å². The maximum atomic E-state index is 12.3.